The third-order valence-electron chi connectivity index (χ3n) is 6.03. The Morgan fingerprint density at radius 2 is 1.83 bits per heavy atom. The number of primary amides is 1. The van der Waals surface area contributed by atoms with Crippen molar-refractivity contribution in [1.29, 1.82) is 0 Å². The zero-order valence-electron chi connectivity index (χ0n) is 16.2. The lowest BCUT2D eigenvalue weighted by Crippen LogP contribution is -2.46. The van der Waals surface area contributed by atoms with Crippen LogP contribution in [-0.2, 0) is 20.1 Å². The first-order chi connectivity index (χ1) is 14.1. The monoisotopic (exact) mass is 389 g/mol. The Morgan fingerprint density at radius 1 is 1.07 bits per heavy atom. The molecule has 0 saturated carbocycles. The molecule has 5 heteroatoms. The summed E-state index contributed by atoms with van der Waals surface area (Å²) in [6.07, 6.45) is -0.685. The highest BCUT2D eigenvalue weighted by Gasteiger charge is 2.51. The van der Waals surface area contributed by atoms with Crippen LogP contribution in [-0.4, -0.2) is 24.7 Å². The van der Waals surface area contributed by atoms with Crippen molar-refractivity contribution >= 4 is 16.7 Å². The fourth-order valence-electron chi connectivity index (χ4n) is 4.46. The van der Waals surface area contributed by atoms with Gasteiger partial charge in [-0.15, -0.1) is 0 Å². The van der Waals surface area contributed by atoms with E-state index < -0.39 is 17.8 Å². The number of para-hydroxylation sites is 1. The fourth-order valence-corrected chi connectivity index (χ4v) is 4.46. The minimum atomic E-state index is -1.02. The molecule has 0 aliphatic carbocycles. The Hall–Kier alpha value is -2.89. The lowest BCUT2D eigenvalue weighted by Gasteiger charge is -2.37. The molecule has 1 spiro atoms. The van der Waals surface area contributed by atoms with E-state index >= 15 is 0 Å². The third kappa shape index (κ3) is 2.98. The minimum absolute atomic E-state index is 0.113. The van der Waals surface area contributed by atoms with E-state index in [0.29, 0.717) is 12.4 Å². The van der Waals surface area contributed by atoms with Crippen LogP contribution in [0.2, 0.25) is 0 Å². The molecule has 3 aromatic carbocycles. The van der Waals surface area contributed by atoms with Gasteiger partial charge in [-0.2, -0.15) is 0 Å². The van der Waals surface area contributed by atoms with E-state index in [9.17, 15) is 4.79 Å². The summed E-state index contributed by atoms with van der Waals surface area (Å²) >= 11 is 0. The molecule has 3 unspecified atom stereocenters. The number of nitrogens with two attached hydrogens (primary N) is 1. The Morgan fingerprint density at radius 3 is 2.69 bits per heavy atom. The summed E-state index contributed by atoms with van der Waals surface area (Å²) in [6, 6.07) is 22.2. The molecule has 29 heavy (non-hydrogen) atoms. The highest BCUT2D eigenvalue weighted by atomic mass is 16.7. The molecule has 2 N–H and O–H groups in total. The molecule has 5 rings (SSSR count). The number of ether oxygens (including phenoxy) is 3. The minimum Gasteiger partial charge on any atom is -0.480 e. The zero-order chi connectivity index (χ0) is 20.0. The zero-order valence-corrected chi connectivity index (χ0v) is 16.2. The summed E-state index contributed by atoms with van der Waals surface area (Å²) in [6.45, 7) is 2.59. The topological polar surface area (TPSA) is 70.8 Å². The van der Waals surface area contributed by atoms with E-state index in [4.69, 9.17) is 19.9 Å². The van der Waals surface area contributed by atoms with Crippen LogP contribution in [0.5, 0.6) is 5.75 Å². The van der Waals surface area contributed by atoms with Gasteiger partial charge >= 0.3 is 0 Å². The average molecular weight is 389 g/mol. The van der Waals surface area contributed by atoms with Crippen molar-refractivity contribution in [2.24, 2.45) is 5.73 Å². The molecular weight excluding hydrogens is 366 g/mol. The summed E-state index contributed by atoms with van der Waals surface area (Å²) in [4.78, 5) is 11.9. The maximum Gasteiger partial charge on any atom is 0.258 e. The highest BCUT2D eigenvalue weighted by molar-refractivity contribution is 5.86. The molecule has 2 aliphatic heterocycles. The summed E-state index contributed by atoms with van der Waals surface area (Å²) in [5.41, 5.74) is 7.58. The van der Waals surface area contributed by atoms with Crippen LogP contribution in [0.1, 0.15) is 30.4 Å². The van der Waals surface area contributed by atoms with Crippen LogP contribution in [0, 0.1) is 0 Å². The maximum absolute atomic E-state index is 11.9. The molecule has 1 fully saturated rings. The number of carbonyl (C=O) groups excluding carboxylic acids is 1. The lowest BCUT2D eigenvalue weighted by atomic mass is 9.90. The Bertz CT molecular complexity index is 1080. The molecular formula is C24H23NO4. The van der Waals surface area contributed by atoms with E-state index in [1.54, 1.807) is 0 Å². The first-order valence-electron chi connectivity index (χ1n) is 9.92. The van der Waals surface area contributed by atoms with Crippen molar-refractivity contribution in [3.05, 3.63) is 77.9 Å². The van der Waals surface area contributed by atoms with Crippen LogP contribution in [0.3, 0.4) is 0 Å². The normalized spacial score (nSPS) is 26.8. The number of rotatable bonds is 3. The van der Waals surface area contributed by atoms with Gasteiger partial charge in [0.15, 0.2) is 6.10 Å². The van der Waals surface area contributed by atoms with Gasteiger partial charge in [-0.1, -0.05) is 61.5 Å². The fraction of sp³-hybridized carbons (Fsp3) is 0.292. The van der Waals surface area contributed by atoms with Gasteiger partial charge in [0, 0.05) is 5.92 Å². The van der Waals surface area contributed by atoms with Crippen LogP contribution in [0.4, 0.5) is 0 Å². The predicted molar refractivity (Wildman–Crippen MR) is 110 cm³/mol. The summed E-state index contributed by atoms with van der Waals surface area (Å²) in [5.74, 6) is -0.835. The number of amides is 1. The number of benzene rings is 3. The second-order valence-corrected chi connectivity index (χ2v) is 7.79. The third-order valence-corrected chi connectivity index (χ3v) is 6.03. The van der Waals surface area contributed by atoms with Gasteiger partial charge in [-0.25, -0.2) is 0 Å². The molecule has 0 bridgehead atoms. The first-order valence-corrected chi connectivity index (χ1v) is 9.92. The van der Waals surface area contributed by atoms with Gasteiger partial charge in [0.1, 0.15) is 5.75 Å². The second kappa shape index (κ2) is 6.87. The van der Waals surface area contributed by atoms with Crippen molar-refractivity contribution < 1.29 is 19.0 Å². The van der Waals surface area contributed by atoms with Gasteiger partial charge in [-0.3, -0.25) is 4.79 Å². The maximum atomic E-state index is 11.9. The van der Waals surface area contributed by atoms with Crippen molar-refractivity contribution in [2.75, 3.05) is 6.61 Å². The molecule has 2 heterocycles. The first kappa shape index (κ1) is 18.2. The van der Waals surface area contributed by atoms with E-state index in [2.05, 4.69) is 43.3 Å². The molecule has 1 saturated heterocycles. The SMILES string of the molecule is C[C@H](c1cccc2ccccc12)C1COC2(CC(C(N)=O)Oc3ccccc32)O1. The van der Waals surface area contributed by atoms with E-state index in [1.807, 2.05) is 30.3 Å². The van der Waals surface area contributed by atoms with Crippen molar-refractivity contribution in [3.8, 4) is 5.75 Å². The molecule has 4 atom stereocenters. The van der Waals surface area contributed by atoms with Crippen molar-refractivity contribution in [1.82, 2.24) is 0 Å². The molecule has 148 valence electrons. The van der Waals surface area contributed by atoms with Gasteiger partial charge < -0.3 is 19.9 Å². The van der Waals surface area contributed by atoms with Crippen LogP contribution in [0.25, 0.3) is 10.8 Å². The summed E-state index contributed by atoms with van der Waals surface area (Å²) in [5, 5.41) is 2.42. The van der Waals surface area contributed by atoms with Gasteiger partial charge in [0.2, 0.25) is 5.79 Å². The van der Waals surface area contributed by atoms with Gasteiger partial charge in [0.05, 0.1) is 24.7 Å². The number of carbonyl (C=O) groups is 1. The Kier molecular flexibility index (Phi) is 4.30. The summed E-state index contributed by atoms with van der Waals surface area (Å²) < 4.78 is 18.6. The second-order valence-electron chi connectivity index (χ2n) is 7.79. The molecule has 3 aromatic rings. The average Bonchev–Trinajstić information content (AvgIpc) is 3.17. The van der Waals surface area contributed by atoms with Crippen LogP contribution in [0.15, 0.2) is 66.7 Å². The Labute approximate surface area is 169 Å². The summed E-state index contributed by atoms with van der Waals surface area (Å²) in [7, 11) is 0. The standard InChI is InChI=1S/C24H23NO4/c1-15(17-10-6-8-16-7-2-3-9-18(16)17)22-14-27-24(29-22)13-21(23(25)26)28-20-12-5-4-11-19(20)24/h2-12,15,21-22H,13-14H2,1H3,(H2,25,26)/t15-,21?,22?,24?/m1/s1. The van der Waals surface area contributed by atoms with Gasteiger partial charge in [-0.05, 0) is 28.5 Å². The highest BCUT2D eigenvalue weighted by Crippen LogP contribution is 2.48. The number of fused-ring (bicyclic) bond motifs is 3. The van der Waals surface area contributed by atoms with Crippen LogP contribution < -0.4 is 10.5 Å². The molecule has 0 aromatic heterocycles. The lowest BCUT2D eigenvalue weighted by molar-refractivity contribution is -0.205. The van der Waals surface area contributed by atoms with Crippen LogP contribution >= 0.6 is 0 Å². The molecule has 1 amide bonds. The van der Waals surface area contributed by atoms with Gasteiger partial charge in [0.25, 0.3) is 5.91 Å². The van der Waals surface area contributed by atoms with Crippen molar-refractivity contribution in [3.63, 3.8) is 0 Å². The van der Waals surface area contributed by atoms with E-state index in [1.165, 1.54) is 16.3 Å². The van der Waals surface area contributed by atoms with E-state index in [0.717, 1.165) is 5.56 Å². The smallest absolute Gasteiger partial charge is 0.258 e. The van der Waals surface area contributed by atoms with E-state index in [-0.39, 0.29) is 18.4 Å². The number of hydrogen-bond acceptors (Lipinski definition) is 4. The molecule has 5 nitrogen and oxygen atoms in total. The Balaban J connectivity index is 1.49. The number of hydrogen-bond donors (Lipinski definition) is 1. The largest absolute Gasteiger partial charge is 0.480 e. The quantitative estimate of drug-likeness (QED) is 0.739. The molecule has 0 radical (unpaired) electrons. The van der Waals surface area contributed by atoms with Crippen molar-refractivity contribution in [2.45, 2.75) is 37.3 Å². The molecule has 2 aliphatic rings. The predicted octanol–water partition coefficient (Wildman–Crippen LogP) is 3.85.